The van der Waals surface area contributed by atoms with Gasteiger partial charge in [-0.1, -0.05) is 36.4 Å². The van der Waals surface area contributed by atoms with Gasteiger partial charge in [-0.2, -0.15) is 0 Å². The van der Waals surface area contributed by atoms with Gasteiger partial charge in [0.25, 0.3) is 20.0 Å². The molecule has 4 aromatic carbocycles. The fraction of sp³-hybridized carbons (Fsp3) is 0.143. The number of hydrogen-bond donors (Lipinski definition) is 2. The second kappa shape index (κ2) is 11.6. The zero-order valence-electron chi connectivity index (χ0n) is 20.9. The number of benzene rings is 4. The van der Waals surface area contributed by atoms with Crippen LogP contribution in [0.1, 0.15) is 11.1 Å². The van der Waals surface area contributed by atoms with Crippen LogP contribution in [0.25, 0.3) is 0 Å². The summed E-state index contributed by atoms with van der Waals surface area (Å²) in [5, 5.41) is 0. The molecule has 0 amide bonds. The summed E-state index contributed by atoms with van der Waals surface area (Å²) in [5.74, 6) is 1.23. The highest BCUT2D eigenvalue weighted by atomic mass is 32.2. The summed E-state index contributed by atoms with van der Waals surface area (Å²) in [4.78, 5) is 0.264. The summed E-state index contributed by atoms with van der Waals surface area (Å²) >= 11 is 0. The molecule has 0 radical (unpaired) electrons. The van der Waals surface area contributed by atoms with Crippen molar-refractivity contribution in [2.75, 3.05) is 23.7 Å². The quantitative estimate of drug-likeness (QED) is 0.268. The van der Waals surface area contributed by atoms with Crippen LogP contribution in [-0.4, -0.2) is 31.1 Å². The van der Waals surface area contributed by atoms with E-state index in [0.717, 1.165) is 0 Å². The van der Waals surface area contributed by atoms with Gasteiger partial charge in [0.2, 0.25) is 0 Å². The molecule has 0 unspecified atom stereocenters. The zero-order chi connectivity index (χ0) is 27.2. The minimum absolute atomic E-state index is 0.132. The van der Waals surface area contributed by atoms with Gasteiger partial charge < -0.3 is 9.47 Å². The average molecular weight is 553 g/mol. The van der Waals surface area contributed by atoms with Crippen LogP contribution in [0.2, 0.25) is 0 Å². The van der Waals surface area contributed by atoms with Gasteiger partial charge in [-0.05, 0) is 84.6 Å². The maximum Gasteiger partial charge on any atom is 0.262 e. The lowest BCUT2D eigenvalue weighted by Gasteiger charge is -2.15. The molecule has 0 aromatic heterocycles. The van der Waals surface area contributed by atoms with E-state index in [4.69, 9.17) is 9.47 Å². The second-order valence-corrected chi connectivity index (χ2v) is 11.7. The van der Waals surface area contributed by atoms with Crippen LogP contribution in [0.4, 0.5) is 11.4 Å². The predicted octanol–water partition coefficient (Wildman–Crippen LogP) is 5.09. The van der Waals surface area contributed by atoms with Crippen molar-refractivity contribution in [3.8, 4) is 11.5 Å². The van der Waals surface area contributed by atoms with Crippen molar-refractivity contribution >= 4 is 31.4 Å². The van der Waals surface area contributed by atoms with Gasteiger partial charge in [-0.15, -0.1) is 0 Å². The number of methoxy groups -OCH3 is 2. The normalized spacial score (nSPS) is 11.5. The minimum atomic E-state index is -3.88. The first-order valence-corrected chi connectivity index (χ1v) is 14.7. The highest BCUT2D eigenvalue weighted by Gasteiger charge is 2.21. The van der Waals surface area contributed by atoms with E-state index in [1.54, 1.807) is 84.9 Å². The van der Waals surface area contributed by atoms with Crippen LogP contribution in [0.3, 0.4) is 0 Å². The Bertz CT molecular complexity index is 1480. The van der Waals surface area contributed by atoms with E-state index in [1.807, 2.05) is 0 Å². The molecule has 4 rings (SSSR count). The Morgan fingerprint density at radius 2 is 0.868 bits per heavy atom. The maximum absolute atomic E-state index is 13.2. The van der Waals surface area contributed by atoms with Gasteiger partial charge >= 0.3 is 0 Å². The molecule has 10 heteroatoms. The topological polar surface area (TPSA) is 111 Å². The van der Waals surface area contributed by atoms with E-state index in [1.165, 1.54) is 26.4 Å². The first-order valence-electron chi connectivity index (χ1n) is 11.7. The monoisotopic (exact) mass is 552 g/mol. The largest absolute Gasteiger partial charge is 0.497 e. The number of ether oxygens (including phenoxy) is 2. The third kappa shape index (κ3) is 6.45. The first kappa shape index (κ1) is 27.0. The number of hydrogen-bond acceptors (Lipinski definition) is 6. The number of sulfonamides is 2. The van der Waals surface area contributed by atoms with Crippen LogP contribution in [-0.2, 0) is 32.9 Å². The molecule has 0 aliphatic carbocycles. The molecular weight excluding hydrogens is 524 g/mol. The van der Waals surface area contributed by atoms with Crippen molar-refractivity contribution in [1.29, 1.82) is 0 Å². The van der Waals surface area contributed by atoms with E-state index in [2.05, 4.69) is 9.44 Å². The predicted molar refractivity (Wildman–Crippen MR) is 148 cm³/mol. The summed E-state index contributed by atoms with van der Waals surface area (Å²) in [6.07, 6.45) is 0.629. The van der Waals surface area contributed by atoms with Gasteiger partial charge in [0.15, 0.2) is 0 Å². The molecule has 0 bridgehead atoms. The van der Waals surface area contributed by atoms with Crippen LogP contribution in [0, 0.1) is 0 Å². The lowest BCUT2D eigenvalue weighted by Crippen LogP contribution is -2.16. The Balaban J connectivity index is 1.55. The van der Waals surface area contributed by atoms with Crippen molar-refractivity contribution in [2.45, 2.75) is 22.6 Å². The smallest absolute Gasteiger partial charge is 0.262 e. The molecule has 2 N–H and O–H groups in total. The van der Waals surface area contributed by atoms with Crippen LogP contribution >= 0.6 is 0 Å². The number of anilines is 2. The Kier molecular flexibility index (Phi) is 8.23. The molecule has 8 nitrogen and oxygen atoms in total. The van der Waals surface area contributed by atoms with Gasteiger partial charge in [-0.3, -0.25) is 9.44 Å². The number of nitrogens with one attached hydrogen (secondary N) is 2. The van der Waals surface area contributed by atoms with E-state index in [9.17, 15) is 16.8 Å². The highest BCUT2D eigenvalue weighted by molar-refractivity contribution is 7.93. The van der Waals surface area contributed by atoms with Crippen molar-refractivity contribution in [2.24, 2.45) is 0 Å². The summed E-state index contributed by atoms with van der Waals surface area (Å²) < 4.78 is 68.3. The van der Waals surface area contributed by atoms with Gasteiger partial charge in [0.05, 0.1) is 24.0 Å². The molecule has 0 heterocycles. The first-order chi connectivity index (χ1) is 18.2. The van der Waals surface area contributed by atoms with Gasteiger partial charge in [0, 0.05) is 11.4 Å². The number of rotatable bonds is 11. The molecule has 38 heavy (non-hydrogen) atoms. The van der Waals surface area contributed by atoms with Crippen molar-refractivity contribution in [3.05, 3.63) is 108 Å². The molecule has 0 aliphatic heterocycles. The lowest BCUT2D eigenvalue weighted by atomic mass is 10.0. The third-order valence-corrected chi connectivity index (χ3v) is 8.84. The van der Waals surface area contributed by atoms with E-state index in [-0.39, 0.29) is 9.79 Å². The summed E-state index contributed by atoms with van der Waals surface area (Å²) in [6.45, 7) is 0. The Labute approximate surface area is 223 Å². The van der Waals surface area contributed by atoms with Crippen LogP contribution < -0.4 is 18.9 Å². The summed E-state index contributed by atoms with van der Waals surface area (Å²) in [5.41, 5.74) is 1.95. The van der Waals surface area contributed by atoms with Crippen LogP contribution in [0.15, 0.2) is 107 Å². The zero-order valence-corrected chi connectivity index (χ0v) is 22.6. The second-order valence-electron chi connectivity index (χ2n) is 8.38. The Hall–Kier alpha value is -4.02. The average Bonchev–Trinajstić information content (AvgIpc) is 2.92. The summed E-state index contributed by atoms with van der Waals surface area (Å²) in [7, 11) is -4.70. The molecule has 4 aromatic rings. The SMILES string of the molecule is COc1ccc(NS(=O)(=O)c2ccccc2CCc2ccccc2S(=O)(=O)Nc2ccc(OC)cc2)cc1. The van der Waals surface area contributed by atoms with Gasteiger partial charge in [-0.25, -0.2) is 16.8 Å². The summed E-state index contributed by atoms with van der Waals surface area (Å²) in [6, 6.07) is 26.5. The molecule has 198 valence electrons. The molecule has 0 atom stereocenters. The lowest BCUT2D eigenvalue weighted by molar-refractivity contribution is 0.415. The molecule has 0 spiro atoms. The van der Waals surface area contributed by atoms with Crippen molar-refractivity contribution in [1.82, 2.24) is 0 Å². The van der Waals surface area contributed by atoms with E-state index in [0.29, 0.717) is 46.8 Å². The fourth-order valence-corrected chi connectivity index (χ4v) is 6.61. The van der Waals surface area contributed by atoms with Crippen LogP contribution in [0.5, 0.6) is 11.5 Å². The van der Waals surface area contributed by atoms with E-state index >= 15 is 0 Å². The van der Waals surface area contributed by atoms with Crippen molar-refractivity contribution < 1.29 is 26.3 Å². The molecular formula is C28H28N2O6S2. The molecule has 0 aliphatic rings. The molecule has 0 fully saturated rings. The Morgan fingerprint density at radius 1 is 0.526 bits per heavy atom. The fourth-order valence-electron chi connectivity index (χ4n) is 3.95. The molecule has 0 saturated carbocycles. The molecule has 0 saturated heterocycles. The Morgan fingerprint density at radius 3 is 1.21 bits per heavy atom. The standard InChI is InChI=1S/C28H28N2O6S2/c1-35-25-17-13-23(14-18-25)29-37(31,32)27-9-5-3-7-21(27)11-12-22-8-4-6-10-28(22)38(33,34)30-24-15-19-26(36-2)20-16-24/h3-10,13-20,29-30H,11-12H2,1-2H3. The van der Waals surface area contributed by atoms with Gasteiger partial charge in [0.1, 0.15) is 11.5 Å². The van der Waals surface area contributed by atoms with E-state index < -0.39 is 20.0 Å². The highest BCUT2D eigenvalue weighted by Crippen LogP contribution is 2.26. The minimum Gasteiger partial charge on any atom is -0.497 e. The third-order valence-electron chi connectivity index (χ3n) is 5.87. The van der Waals surface area contributed by atoms with Crippen molar-refractivity contribution in [3.63, 3.8) is 0 Å². The number of aryl methyl sites for hydroxylation is 2. The maximum atomic E-state index is 13.2.